The molecule has 4 nitrogen and oxygen atoms in total. The van der Waals surface area contributed by atoms with Crippen LogP contribution in [0.4, 0.5) is 0 Å². The van der Waals surface area contributed by atoms with E-state index in [-0.39, 0.29) is 6.23 Å². The fourth-order valence-corrected chi connectivity index (χ4v) is 2.78. The molecule has 86 valence electrons. The van der Waals surface area contributed by atoms with Crippen LogP contribution in [0.3, 0.4) is 0 Å². The zero-order chi connectivity index (χ0) is 10.1. The Kier molecular flexibility index (Phi) is 2.92. The van der Waals surface area contributed by atoms with Gasteiger partial charge in [0.2, 0.25) is 0 Å². The molecule has 2 heterocycles. The largest absolute Gasteiger partial charge is 0.317 e. The predicted molar refractivity (Wildman–Crippen MR) is 57.9 cm³/mol. The monoisotopic (exact) mass is 211 g/mol. The van der Waals surface area contributed by atoms with Crippen molar-refractivity contribution in [3.05, 3.63) is 0 Å². The third kappa shape index (κ3) is 2.04. The smallest absolute Gasteiger partial charge is 0.133 e. The van der Waals surface area contributed by atoms with E-state index in [4.69, 9.17) is 4.84 Å². The Bertz CT molecular complexity index is 214. The summed E-state index contributed by atoms with van der Waals surface area (Å²) in [7, 11) is 0. The Balaban J connectivity index is 1.51. The second-order valence-electron chi connectivity index (χ2n) is 5.08. The van der Waals surface area contributed by atoms with Crippen molar-refractivity contribution in [2.24, 2.45) is 11.8 Å². The number of hydrogen-bond donors (Lipinski definition) is 3. The van der Waals surface area contributed by atoms with Crippen LogP contribution >= 0.6 is 0 Å². The topological polar surface area (TPSA) is 45.3 Å². The van der Waals surface area contributed by atoms with E-state index in [0.717, 1.165) is 24.9 Å². The van der Waals surface area contributed by atoms with E-state index >= 15 is 0 Å². The van der Waals surface area contributed by atoms with Gasteiger partial charge in [0.25, 0.3) is 0 Å². The number of nitrogens with one attached hydrogen (secondary N) is 3. The van der Waals surface area contributed by atoms with Gasteiger partial charge < -0.3 is 5.32 Å². The molecule has 1 aliphatic carbocycles. The molecule has 4 heteroatoms. The lowest BCUT2D eigenvalue weighted by Crippen LogP contribution is -2.46. The molecule has 2 unspecified atom stereocenters. The van der Waals surface area contributed by atoms with Crippen molar-refractivity contribution in [1.82, 2.24) is 16.1 Å². The molecule has 2 saturated heterocycles. The Morgan fingerprint density at radius 3 is 2.40 bits per heavy atom. The first-order valence-corrected chi connectivity index (χ1v) is 6.31. The lowest BCUT2D eigenvalue weighted by Gasteiger charge is -2.31. The predicted octanol–water partition coefficient (Wildman–Crippen LogP) is 0.563. The highest BCUT2D eigenvalue weighted by atomic mass is 16.7. The van der Waals surface area contributed by atoms with Gasteiger partial charge in [-0.25, -0.2) is 0 Å². The molecule has 15 heavy (non-hydrogen) atoms. The first-order valence-electron chi connectivity index (χ1n) is 6.31. The summed E-state index contributed by atoms with van der Waals surface area (Å²) in [6.07, 6.45) is 7.22. The highest BCUT2D eigenvalue weighted by molar-refractivity contribution is 4.86. The van der Waals surface area contributed by atoms with Gasteiger partial charge in [-0.1, -0.05) is 6.42 Å². The SMILES string of the molecule is C1CC(C2NC(C3CCNCC3)NO2)C1. The highest BCUT2D eigenvalue weighted by Gasteiger charge is 2.37. The van der Waals surface area contributed by atoms with Gasteiger partial charge in [0.15, 0.2) is 0 Å². The van der Waals surface area contributed by atoms with Gasteiger partial charge in [-0.05, 0) is 44.7 Å². The summed E-state index contributed by atoms with van der Waals surface area (Å²) in [5.41, 5.74) is 3.19. The zero-order valence-electron chi connectivity index (χ0n) is 9.17. The molecule has 0 aromatic carbocycles. The minimum atomic E-state index is 0.277. The summed E-state index contributed by atoms with van der Waals surface area (Å²) in [5, 5.41) is 7.00. The molecule has 0 amide bonds. The van der Waals surface area contributed by atoms with Crippen LogP contribution in [0.25, 0.3) is 0 Å². The van der Waals surface area contributed by atoms with Gasteiger partial charge in [0, 0.05) is 5.92 Å². The van der Waals surface area contributed by atoms with Crippen molar-refractivity contribution in [3.8, 4) is 0 Å². The maximum Gasteiger partial charge on any atom is 0.133 e. The minimum absolute atomic E-state index is 0.277. The van der Waals surface area contributed by atoms with Crippen LogP contribution < -0.4 is 16.1 Å². The normalized spacial score (nSPS) is 39.2. The second kappa shape index (κ2) is 4.37. The molecule has 3 rings (SSSR count). The van der Waals surface area contributed by atoms with Gasteiger partial charge in [-0.2, -0.15) is 5.48 Å². The van der Waals surface area contributed by atoms with Crippen molar-refractivity contribution in [2.45, 2.75) is 44.5 Å². The van der Waals surface area contributed by atoms with E-state index < -0.39 is 0 Å². The quantitative estimate of drug-likeness (QED) is 0.624. The van der Waals surface area contributed by atoms with Gasteiger partial charge in [0.05, 0.1) is 6.17 Å². The maximum absolute atomic E-state index is 5.64. The Morgan fingerprint density at radius 2 is 1.73 bits per heavy atom. The molecule has 0 radical (unpaired) electrons. The number of hydrogen-bond acceptors (Lipinski definition) is 4. The van der Waals surface area contributed by atoms with Gasteiger partial charge in [-0.3, -0.25) is 10.2 Å². The summed E-state index contributed by atoms with van der Waals surface area (Å²) in [6, 6.07) is 0. The van der Waals surface area contributed by atoms with Crippen LogP contribution in [-0.4, -0.2) is 25.5 Å². The molecule has 0 aromatic rings. The van der Waals surface area contributed by atoms with Crippen LogP contribution in [0.1, 0.15) is 32.1 Å². The minimum Gasteiger partial charge on any atom is -0.317 e. The van der Waals surface area contributed by atoms with Crippen molar-refractivity contribution in [1.29, 1.82) is 0 Å². The average molecular weight is 211 g/mol. The molecule has 3 aliphatic rings. The van der Waals surface area contributed by atoms with Crippen molar-refractivity contribution in [3.63, 3.8) is 0 Å². The van der Waals surface area contributed by atoms with Gasteiger partial charge in [0.1, 0.15) is 6.23 Å². The zero-order valence-corrected chi connectivity index (χ0v) is 9.17. The standard InChI is InChI=1S/C11H21N3O/c1-2-9(3-1)11-13-10(14-15-11)8-4-6-12-7-5-8/h8-14H,1-7H2. The molecule has 1 saturated carbocycles. The maximum atomic E-state index is 5.64. The molecule has 3 N–H and O–H groups in total. The molecule has 2 atom stereocenters. The Labute approximate surface area is 91.1 Å². The molecular weight excluding hydrogens is 190 g/mol. The number of piperidine rings is 1. The van der Waals surface area contributed by atoms with Crippen LogP contribution in [0.2, 0.25) is 0 Å². The van der Waals surface area contributed by atoms with Gasteiger partial charge >= 0.3 is 0 Å². The summed E-state index contributed by atoms with van der Waals surface area (Å²) in [4.78, 5) is 5.64. The molecule has 3 fully saturated rings. The van der Waals surface area contributed by atoms with E-state index in [9.17, 15) is 0 Å². The van der Waals surface area contributed by atoms with E-state index in [1.54, 1.807) is 0 Å². The summed E-state index contributed by atoms with van der Waals surface area (Å²) in [6.45, 7) is 2.30. The second-order valence-corrected chi connectivity index (χ2v) is 5.08. The summed E-state index contributed by atoms with van der Waals surface area (Å²) >= 11 is 0. The van der Waals surface area contributed by atoms with E-state index in [1.807, 2.05) is 0 Å². The average Bonchev–Trinajstić information content (AvgIpc) is 2.66. The van der Waals surface area contributed by atoms with E-state index in [1.165, 1.54) is 32.1 Å². The third-order valence-corrected chi connectivity index (χ3v) is 4.10. The molecule has 0 spiro atoms. The van der Waals surface area contributed by atoms with Gasteiger partial charge in [-0.15, -0.1) is 0 Å². The van der Waals surface area contributed by atoms with Crippen LogP contribution in [0.5, 0.6) is 0 Å². The van der Waals surface area contributed by atoms with Crippen LogP contribution in [0.15, 0.2) is 0 Å². The Morgan fingerprint density at radius 1 is 0.933 bits per heavy atom. The fraction of sp³-hybridized carbons (Fsp3) is 1.00. The first kappa shape index (κ1) is 10.0. The highest BCUT2D eigenvalue weighted by Crippen LogP contribution is 2.32. The number of hydroxylamine groups is 1. The van der Waals surface area contributed by atoms with Crippen molar-refractivity contribution < 1.29 is 4.84 Å². The van der Waals surface area contributed by atoms with Crippen molar-refractivity contribution >= 4 is 0 Å². The molecule has 0 aromatic heterocycles. The fourth-order valence-electron chi connectivity index (χ4n) is 2.78. The van der Waals surface area contributed by atoms with E-state index in [2.05, 4.69) is 16.1 Å². The third-order valence-electron chi connectivity index (χ3n) is 4.10. The number of rotatable bonds is 2. The molecule has 2 aliphatic heterocycles. The first-order chi connectivity index (χ1) is 7.43. The molecule has 0 bridgehead atoms. The lowest BCUT2D eigenvalue weighted by molar-refractivity contribution is -0.0339. The molecular formula is C11H21N3O. The van der Waals surface area contributed by atoms with Crippen LogP contribution in [-0.2, 0) is 4.84 Å². The summed E-state index contributed by atoms with van der Waals surface area (Å²) in [5.74, 6) is 1.49. The lowest BCUT2D eigenvalue weighted by atomic mass is 9.84. The summed E-state index contributed by atoms with van der Waals surface area (Å²) < 4.78 is 0. The van der Waals surface area contributed by atoms with Crippen molar-refractivity contribution in [2.75, 3.05) is 13.1 Å². The van der Waals surface area contributed by atoms with E-state index in [0.29, 0.717) is 6.17 Å². The Hall–Kier alpha value is -0.160. The van der Waals surface area contributed by atoms with Crippen LogP contribution in [0, 0.1) is 11.8 Å².